The summed E-state index contributed by atoms with van der Waals surface area (Å²) >= 11 is 0. The lowest BCUT2D eigenvalue weighted by molar-refractivity contribution is 0.0870. The molecular formula is C19H22F2N4O4. The van der Waals surface area contributed by atoms with Crippen molar-refractivity contribution >= 4 is 17.6 Å². The van der Waals surface area contributed by atoms with Crippen molar-refractivity contribution in [1.29, 1.82) is 0 Å². The van der Waals surface area contributed by atoms with Crippen LogP contribution in [0.5, 0.6) is 11.6 Å². The van der Waals surface area contributed by atoms with Gasteiger partial charge in [0.2, 0.25) is 5.88 Å². The lowest BCUT2D eigenvalue weighted by atomic mass is 10.1. The van der Waals surface area contributed by atoms with Crippen molar-refractivity contribution in [3.8, 4) is 11.6 Å². The van der Waals surface area contributed by atoms with Crippen LogP contribution in [-0.4, -0.2) is 51.9 Å². The quantitative estimate of drug-likeness (QED) is 0.719. The van der Waals surface area contributed by atoms with Crippen LogP contribution >= 0.6 is 0 Å². The predicted molar refractivity (Wildman–Crippen MR) is 101 cm³/mol. The van der Waals surface area contributed by atoms with Crippen molar-refractivity contribution in [2.24, 2.45) is 0 Å². The molecule has 1 aromatic carbocycles. The van der Waals surface area contributed by atoms with E-state index in [1.165, 1.54) is 17.3 Å². The molecule has 1 aromatic heterocycles. The number of nitrogens with zero attached hydrogens (tertiary/aromatic N) is 3. The number of benzene rings is 1. The van der Waals surface area contributed by atoms with Gasteiger partial charge in [-0.05, 0) is 6.42 Å². The summed E-state index contributed by atoms with van der Waals surface area (Å²) in [6.07, 6.45) is 1.88. The fourth-order valence-electron chi connectivity index (χ4n) is 2.89. The zero-order chi connectivity index (χ0) is 20.8. The summed E-state index contributed by atoms with van der Waals surface area (Å²) in [5.41, 5.74) is -0.0919. The lowest BCUT2D eigenvalue weighted by Gasteiger charge is -2.29. The molecule has 0 unspecified atom stereocenters. The van der Waals surface area contributed by atoms with Gasteiger partial charge in [-0.25, -0.2) is 23.5 Å². The fourth-order valence-corrected chi connectivity index (χ4v) is 2.89. The van der Waals surface area contributed by atoms with Crippen molar-refractivity contribution in [1.82, 2.24) is 14.9 Å². The number of anilines is 2. The number of piperidine rings is 1. The first-order chi connectivity index (χ1) is 14.0. The Morgan fingerprint density at radius 1 is 1.24 bits per heavy atom. The van der Waals surface area contributed by atoms with Gasteiger partial charge in [0.15, 0.2) is 17.4 Å². The highest BCUT2D eigenvalue weighted by Gasteiger charge is 2.24. The Balaban J connectivity index is 1.64. The maximum Gasteiger partial charge on any atom is 0.407 e. The number of carboxylic acid groups (broad SMARTS) is 1. The largest absolute Gasteiger partial charge is 0.490 e. The summed E-state index contributed by atoms with van der Waals surface area (Å²) in [7, 11) is 0. The highest BCUT2D eigenvalue weighted by Crippen LogP contribution is 2.28. The minimum Gasteiger partial charge on any atom is -0.490 e. The van der Waals surface area contributed by atoms with Crippen LogP contribution in [0.3, 0.4) is 0 Å². The van der Waals surface area contributed by atoms with Crippen LogP contribution in [-0.2, 0) is 0 Å². The van der Waals surface area contributed by atoms with E-state index in [2.05, 4.69) is 15.3 Å². The summed E-state index contributed by atoms with van der Waals surface area (Å²) in [5.74, 6) is -1.01. The Morgan fingerprint density at radius 3 is 2.69 bits per heavy atom. The number of hydrogen-bond acceptors (Lipinski definition) is 6. The zero-order valence-corrected chi connectivity index (χ0v) is 15.9. The van der Waals surface area contributed by atoms with Gasteiger partial charge >= 0.3 is 6.09 Å². The summed E-state index contributed by atoms with van der Waals surface area (Å²) in [6, 6.07) is 3.47. The third-order valence-electron chi connectivity index (χ3n) is 4.39. The number of amides is 1. The normalized spacial score (nSPS) is 14.5. The third kappa shape index (κ3) is 5.43. The monoisotopic (exact) mass is 408 g/mol. The van der Waals surface area contributed by atoms with Crippen LogP contribution in [0.15, 0.2) is 24.5 Å². The number of hydrogen-bond donors (Lipinski definition) is 2. The molecular weight excluding hydrogens is 386 g/mol. The Labute approximate surface area is 166 Å². The van der Waals surface area contributed by atoms with Crippen LogP contribution in [0.1, 0.15) is 26.2 Å². The SMILES string of the molecule is CCCOc1cc(F)c(Nc2cc(OC3CCN(C(=O)O)CC3)ncn2)cc1F. The Morgan fingerprint density at radius 2 is 2.00 bits per heavy atom. The van der Waals surface area contributed by atoms with E-state index in [0.717, 1.165) is 12.1 Å². The highest BCUT2D eigenvalue weighted by molar-refractivity contribution is 5.65. The number of rotatable bonds is 7. The summed E-state index contributed by atoms with van der Waals surface area (Å²) in [6.45, 7) is 2.93. The van der Waals surface area contributed by atoms with E-state index in [4.69, 9.17) is 14.6 Å². The van der Waals surface area contributed by atoms with E-state index in [1.807, 2.05) is 6.92 Å². The molecule has 0 radical (unpaired) electrons. The average molecular weight is 408 g/mol. The van der Waals surface area contributed by atoms with Crippen LogP contribution in [0.4, 0.5) is 25.1 Å². The first kappa shape index (κ1) is 20.6. The zero-order valence-electron chi connectivity index (χ0n) is 15.9. The van der Waals surface area contributed by atoms with Gasteiger partial charge in [0, 0.05) is 44.1 Å². The first-order valence-electron chi connectivity index (χ1n) is 9.31. The minimum atomic E-state index is -0.947. The molecule has 0 spiro atoms. The molecule has 0 atom stereocenters. The van der Waals surface area contributed by atoms with Gasteiger partial charge in [0.25, 0.3) is 0 Å². The minimum absolute atomic E-state index is 0.0919. The van der Waals surface area contributed by atoms with E-state index in [-0.39, 0.29) is 29.2 Å². The van der Waals surface area contributed by atoms with Gasteiger partial charge in [-0.2, -0.15) is 0 Å². The van der Waals surface area contributed by atoms with E-state index >= 15 is 0 Å². The molecule has 0 bridgehead atoms. The summed E-state index contributed by atoms with van der Waals surface area (Å²) in [4.78, 5) is 20.3. The second kappa shape index (κ2) is 9.35. The molecule has 156 valence electrons. The maximum absolute atomic E-state index is 14.3. The number of ether oxygens (including phenoxy) is 2. The van der Waals surface area contributed by atoms with Crippen LogP contribution in [0.25, 0.3) is 0 Å². The Kier molecular flexibility index (Phi) is 6.63. The van der Waals surface area contributed by atoms with Gasteiger partial charge in [-0.15, -0.1) is 0 Å². The van der Waals surface area contributed by atoms with Gasteiger partial charge in [0.05, 0.1) is 12.3 Å². The van der Waals surface area contributed by atoms with Crippen LogP contribution in [0, 0.1) is 11.6 Å². The van der Waals surface area contributed by atoms with E-state index in [1.54, 1.807) is 0 Å². The molecule has 29 heavy (non-hydrogen) atoms. The molecule has 3 rings (SSSR count). The van der Waals surface area contributed by atoms with Gasteiger partial charge in [-0.1, -0.05) is 6.92 Å². The molecule has 8 nitrogen and oxygen atoms in total. The summed E-state index contributed by atoms with van der Waals surface area (Å²) < 4.78 is 39.3. The molecule has 1 aliphatic heterocycles. The van der Waals surface area contributed by atoms with Crippen molar-refractivity contribution in [2.75, 3.05) is 25.0 Å². The Hall–Kier alpha value is -3.17. The smallest absolute Gasteiger partial charge is 0.407 e. The molecule has 1 fully saturated rings. The number of likely N-dealkylation sites (tertiary alicyclic amines) is 1. The second-order valence-electron chi connectivity index (χ2n) is 6.56. The second-order valence-corrected chi connectivity index (χ2v) is 6.56. The third-order valence-corrected chi connectivity index (χ3v) is 4.39. The van der Waals surface area contributed by atoms with Crippen molar-refractivity contribution in [3.05, 3.63) is 36.2 Å². The molecule has 2 aromatic rings. The first-order valence-corrected chi connectivity index (χ1v) is 9.31. The standard InChI is InChI=1S/C19H22F2N4O4/c1-2-7-28-16-9-13(20)15(8-14(16)21)24-17-10-18(23-11-22-17)29-12-3-5-25(6-4-12)19(26)27/h8-12H,2-7H2,1H3,(H,26,27)(H,22,23,24). The lowest BCUT2D eigenvalue weighted by Crippen LogP contribution is -2.41. The predicted octanol–water partition coefficient (Wildman–Crippen LogP) is 3.81. The topological polar surface area (TPSA) is 96.8 Å². The highest BCUT2D eigenvalue weighted by atomic mass is 19.1. The maximum atomic E-state index is 14.3. The van der Waals surface area contributed by atoms with Gasteiger partial charge in [-0.3, -0.25) is 0 Å². The van der Waals surface area contributed by atoms with Crippen LogP contribution in [0.2, 0.25) is 0 Å². The van der Waals surface area contributed by atoms with E-state index in [0.29, 0.717) is 39.0 Å². The summed E-state index contributed by atoms with van der Waals surface area (Å²) in [5, 5.41) is 11.7. The van der Waals surface area contributed by atoms with Gasteiger partial charge in [0.1, 0.15) is 18.2 Å². The number of carbonyl (C=O) groups is 1. The number of aromatic nitrogens is 2. The Bertz CT molecular complexity index is 860. The molecule has 1 saturated heterocycles. The van der Waals surface area contributed by atoms with E-state index < -0.39 is 17.7 Å². The van der Waals surface area contributed by atoms with Gasteiger partial charge < -0.3 is 24.8 Å². The number of halogens is 2. The van der Waals surface area contributed by atoms with Crippen LogP contribution < -0.4 is 14.8 Å². The molecule has 1 aliphatic rings. The molecule has 2 N–H and O–H groups in total. The molecule has 0 saturated carbocycles. The van der Waals surface area contributed by atoms with Crippen molar-refractivity contribution in [3.63, 3.8) is 0 Å². The van der Waals surface area contributed by atoms with E-state index in [9.17, 15) is 13.6 Å². The fraction of sp³-hybridized carbons (Fsp3) is 0.421. The van der Waals surface area contributed by atoms with Crippen molar-refractivity contribution < 1.29 is 28.2 Å². The molecule has 10 heteroatoms. The molecule has 2 heterocycles. The number of nitrogens with one attached hydrogen (secondary N) is 1. The molecule has 0 aliphatic carbocycles. The molecule has 1 amide bonds. The van der Waals surface area contributed by atoms with Crippen molar-refractivity contribution in [2.45, 2.75) is 32.3 Å². The average Bonchev–Trinajstić information content (AvgIpc) is 2.70.